The largest absolute Gasteiger partial charge is 0.497 e. The number of nitrogens with one attached hydrogen (secondary N) is 1. The Kier molecular flexibility index (Phi) is 5.63. The predicted octanol–water partition coefficient (Wildman–Crippen LogP) is 3.17. The first-order chi connectivity index (χ1) is 11.5. The lowest BCUT2D eigenvalue weighted by Gasteiger charge is -2.06. The molecule has 1 N–H and O–H groups in total. The number of aromatic amines is 1. The summed E-state index contributed by atoms with van der Waals surface area (Å²) >= 11 is 0. The quantitative estimate of drug-likeness (QED) is 0.823. The van der Waals surface area contributed by atoms with E-state index in [0.717, 1.165) is 5.56 Å². The molecule has 0 radical (unpaired) electrons. The normalized spacial score (nSPS) is 10.3. The molecular weight excluding hydrogens is 310 g/mol. The maximum Gasteiger partial charge on any atom is 0.355 e. The first kappa shape index (κ1) is 17.6. The summed E-state index contributed by atoms with van der Waals surface area (Å²) in [7, 11) is 1.58. The summed E-state index contributed by atoms with van der Waals surface area (Å²) in [4.78, 5) is 27.2. The second-order valence-electron chi connectivity index (χ2n) is 5.27. The lowest BCUT2D eigenvalue weighted by molar-refractivity contribution is 0.0465. The molecule has 0 unspecified atom stereocenters. The molecule has 0 fully saturated rings. The second-order valence-corrected chi connectivity index (χ2v) is 5.27. The Morgan fingerprint density at radius 2 is 1.88 bits per heavy atom. The molecule has 0 aliphatic carbocycles. The number of carbonyl (C=O) groups excluding carboxylic acids is 2. The number of rotatable bonds is 6. The zero-order valence-electron chi connectivity index (χ0n) is 14.3. The third kappa shape index (κ3) is 3.76. The molecule has 0 saturated heterocycles. The highest BCUT2D eigenvalue weighted by molar-refractivity contribution is 5.98. The van der Waals surface area contributed by atoms with E-state index in [1.807, 2.05) is 18.2 Å². The maximum absolute atomic E-state index is 12.3. The van der Waals surface area contributed by atoms with Crippen molar-refractivity contribution in [3.05, 3.63) is 52.3 Å². The van der Waals surface area contributed by atoms with Gasteiger partial charge < -0.3 is 19.2 Å². The molecular formula is C18H21NO5. The van der Waals surface area contributed by atoms with Gasteiger partial charge in [-0.15, -0.1) is 0 Å². The van der Waals surface area contributed by atoms with Gasteiger partial charge in [0, 0.05) is 5.69 Å². The van der Waals surface area contributed by atoms with E-state index in [1.54, 1.807) is 33.9 Å². The first-order valence-electron chi connectivity index (χ1n) is 7.64. The smallest absolute Gasteiger partial charge is 0.355 e. The Bertz CT molecular complexity index is 748. The van der Waals surface area contributed by atoms with Crippen LogP contribution < -0.4 is 4.74 Å². The van der Waals surface area contributed by atoms with Crippen LogP contribution in [0.2, 0.25) is 0 Å². The van der Waals surface area contributed by atoms with Crippen molar-refractivity contribution in [3.8, 4) is 5.75 Å². The van der Waals surface area contributed by atoms with E-state index in [2.05, 4.69) is 4.98 Å². The van der Waals surface area contributed by atoms with Crippen LogP contribution in [0.25, 0.3) is 0 Å². The van der Waals surface area contributed by atoms with Gasteiger partial charge in [0.15, 0.2) is 0 Å². The zero-order valence-corrected chi connectivity index (χ0v) is 14.3. The predicted molar refractivity (Wildman–Crippen MR) is 88.3 cm³/mol. The van der Waals surface area contributed by atoms with Crippen molar-refractivity contribution in [1.82, 2.24) is 4.98 Å². The lowest BCUT2D eigenvalue weighted by Crippen LogP contribution is -2.09. The van der Waals surface area contributed by atoms with Gasteiger partial charge in [-0.05, 0) is 44.0 Å². The molecule has 0 amide bonds. The number of hydrogen-bond acceptors (Lipinski definition) is 5. The van der Waals surface area contributed by atoms with Crippen molar-refractivity contribution in [2.75, 3.05) is 13.7 Å². The van der Waals surface area contributed by atoms with Gasteiger partial charge in [0.25, 0.3) is 0 Å². The average Bonchev–Trinajstić information content (AvgIpc) is 2.87. The third-order valence-corrected chi connectivity index (χ3v) is 3.63. The Labute approximate surface area is 140 Å². The summed E-state index contributed by atoms with van der Waals surface area (Å²) in [6, 6.07) is 7.27. The van der Waals surface area contributed by atoms with E-state index < -0.39 is 11.9 Å². The van der Waals surface area contributed by atoms with Crippen molar-refractivity contribution in [1.29, 1.82) is 0 Å². The van der Waals surface area contributed by atoms with E-state index >= 15 is 0 Å². The molecule has 0 bridgehead atoms. The highest BCUT2D eigenvalue weighted by Crippen LogP contribution is 2.20. The SMILES string of the molecule is CCOC(=O)c1c(C)[nH]c(C(=O)OCc2cccc(OC)c2)c1C. The van der Waals surface area contributed by atoms with Gasteiger partial charge in [0.2, 0.25) is 0 Å². The summed E-state index contributed by atoms with van der Waals surface area (Å²) in [6.07, 6.45) is 0. The van der Waals surface area contributed by atoms with E-state index in [1.165, 1.54) is 0 Å². The number of carbonyl (C=O) groups is 2. The Balaban J connectivity index is 2.12. The van der Waals surface area contributed by atoms with Crippen LogP contribution in [-0.4, -0.2) is 30.6 Å². The molecule has 0 aliphatic heterocycles. The summed E-state index contributed by atoms with van der Waals surface area (Å²) in [5, 5.41) is 0. The van der Waals surface area contributed by atoms with Gasteiger partial charge >= 0.3 is 11.9 Å². The molecule has 0 spiro atoms. The topological polar surface area (TPSA) is 77.6 Å². The van der Waals surface area contributed by atoms with Crippen LogP contribution in [0.1, 0.15) is 44.6 Å². The maximum atomic E-state index is 12.3. The standard InChI is InChI=1S/C18H21NO5/c1-5-23-17(20)15-11(2)16(19-12(15)3)18(21)24-10-13-7-6-8-14(9-13)22-4/h6-9,19H,5,10H2,1-4H3. The highest BCUT2D eigenvalue weighted by atomic mass is 16.5. The number of esters is 2. The fourth-order valence-corrected chi connectivity index (χ4v) is 2.45. The fourth-order valence-electron chi connectivity index (χ4n) is 2.45. The van der Waals surface area contributed by atoms with Gasteiger partial charge in [0.05, 0.1) is 19.3 Å². The summed E-state index contributed by atoms with van der Waals surface area (Å²) in [5.41, 5.74) is 2.57. The minimum Gasteiger partial charge on any atom is -0.497 e. The van der Waals surface area contributed by atoms with Crippen molar-refractivity contribution in [3.63, 3.8) is 0 Å². The second kappa shape index (κ2) is 7.68. The van der Waals surface area contributed by atoms with Gasteiger partial charge in [0.1, 0.15) is 18.1 Å². The lowest BCUT2D eigenvalue weighted by atomic mass is 10.1. The van der Waals surface area contributed by atoms with E-state index in [-0.39, 0.29) is 18.9 Å². The Morgan fingerprint density at radius 3 is 2.54 bits per heavy atom. The van der Waals surface area contributed by atoms with Crippen LogP contribution in [0, 0.1) is 13.8 Å². The molecule has 2 aromatic rings. The van der Waals surface area contributed by atoms with Gasteiger partial charge in [-0.3, -0.25) is 0 Å². The number of H-pyrrole nitrogens is 1. The summed E-state index contributed by atoms with van der Waals surface area (Å²) in [5.74, 6) is -0.274. The van der Waals surface area contributed by atoms with Crippen LogP contribution >= 0.6 is 0 Å². The van der Waals surface area contributed by atoms with Crippen molar-refractivity contribution in [2.24, 2.45) is 0 Å². The number of hydrogen-bond donors (Lipinski definition) is 1. The number of benzene rings is 1. The van der Waals surface area contributed by atoms with Crippen molar-refractivity contribution >= 4 is 11.9 Å². The van der Waals surface area contributed by atoms with Gasteiger partial charge in [-0.25, -0.2) is 9.59 Å². The number of aromatic nitrogens is 1. The number of methoxy groups -OCH3 is 1. The fraction of sp³-hybridized carbons (Fsp3) is 0.333. The molecule has 0 atom stereocenters. The van der Waals surface area contributed by atoms with Crippen LogP contribution in [0.15, 0.2) is 24.3 Å². The monoisotopic (exact) mass is 331 g/mol. The van der Waals surface area contributed by atoms with Gasteiger partial charge in [-0.1, -0.05) is 12.1 Å². The van der Waals surface area contributed by atoms with Crippen LogP contribution in [0.5, 0.6) is 5.75 Å². The Morgan fingerprint density at radius 1 is 1.12 bits per heavy atom. The molecule has 6 heteroatoms. The molecule has 6 nitrogen and oxygen atoms in total. The highest BCUT2D eigenvalue weighted by Gasteiger charge is 2.23. The van der Waals surface area contributed by atoms with Crippen LogP contribution in [-0.2, 0) is 16.1 Å². The van der Waals surface area contributed by atoms with Crippen LogP contribution in [0.3, 0.4) is 0 Å². The first-order valence-corrected chi connectivity index (χ1v) is 7.64. The molecule has 1 aromatic carbocycles. The molecule has 128 valence electrons. The van der Waals surface area contributed by atoms with Gasteiger partial charge in [-0.2, -0.15) is 0 Å². The molecule has 24 heavy (non-hydrogen) atoms. The third-order valence-electron chi connectivity index (χ3n) is 3.63. The van der Waals surface area contributed by atoms with E-state index in [9.17, 15) is 9.59 Å². The number of ether oxygens (including phenoxy) is 3. The minimum absolute atomic E-state index is 0.113. The van der Waals surface area contributed by atoms with E-state index in [0.29, 0.717) is 22.6 Å². The van der Waals surface area contributed by atoms with Crippen LogP contribution in [0.4, 0.5) is 0 Å². The summed E-state index contributed by atoms with van der Waals surface area (Å²) < 4.78 is 15.5. The molecule has 0 saturated carbocycles. The molecule has 1 heterocycles. The number of aryl methyl sites for hydroxylation is 1. The Hall–Kier alpha value is -2.76. The molecule has 0 aliphatic rings. The average molecular weight is 331 g/mol. The van der Waals surface area contributed by atoms with Crippen molar-refractivity contribution in [2.45, 2.75) is 27.4 Å². The molecule has 2 rings (SSSR count). The van der Waals surface area contributed by atoms with E-state index in [4.69, 9.17) is 14.2 Å². The molecule has 1 aromatic heterocycles. The zero-order chi connectivity index (χ0) is 17.7. The summed E-state index contributed by atoms with van der Waals surface area (Å²) in [6.45, 7) is 5.54. The van der Waals surface area contributed by atoms with Crippen molar-refractivity contribution < 1.29 is 23.8 Å². The minimum atomic E-state index is -0.519.